The van der Waals surface area contributed by atoms with Gasteiger partial charge in [-0.3, -0.25) is 0 Å². The van der Waals surface area contributed by atoms with E-state index in [0.717, 1.165) is 0 Å². The fraction of sp³-hybridized carbons (Fsp3) is 0.462. The quantitative estimate of drug-likeness (QED) is 0.507. The van der Waals surface area contributed by atoms with Crippen LogP contribution in [-0.2, 0) is 9.47 Å². The van der Waals surface area contributed by atoms with E-state index in [2.05, 4.69) is 0 Å². The third-order valence-corrected chi connectivity index (χ3v) is 3.09. The summed E-state index contributed by atoms with van der Waals surface area (Å²) in [4.78, 5) is 11.9. The van der Waals surface area contributed by atoms with Crippen LogP contribution < -0.4 is 0 Å². The minimum absolute atomic E-state index is 0.244. The summed E-state index contributed by atoms with van der Waals surface area (Å²) in [5, 5.41) is 38.1. The minimum Gasteiger partial charge on any atom is -0.453 e. The predicted octanol–water partition coefficient (Wildman–Crippen LogP) is -1.36. The molecule has 1 saturated heterocycles. The van der Waals surface area contributed by atoms with Crippen molar-refractivity contribution in [3.8, 4) is 0 Å². The first-order chi connectivity index (χ1) is 9.54. The Morgan fingerprint density at radius 1 is 1.15 bits per heavy atom. The van der Waals surface area contributed by atoms with Crippen molar-refractivity contribution in [1.29, 1.82) is 0 Å². The van der Waals surface area contributed by atoms with Gasteiger partial charge in [0.05, 0.1) is 12.2 Å². The van der Waals surface area contributed by atoms with E-state index >= 15 is 0 Å². The first-order valence-electron chi connectivity index (χ1n) is 6.11. The lowest BCUT2D eigenvalue weighted by Gasteiger charge is -2.39. The summed E-state index contributed by atoms with van der Waals surface area (Å²) < 4.78 is 9.81. The molecule has 110 valence electrons. The van der Waals surface area contributed by atoms with Gasteiger partial charge in [0.25, 0.3) is 0 Å². The van der Waals surface area contributed by atoms with Crippen LogP contribution in [0, 0.1) is 0 Å². The first-order valence-corrected chi connectivity index (χ1v) is 6.11. The molecule has 7 nitrogen and oxygen atoms in total. The van der Waals surface area contributed by atoms with Crippen LogP contribution >= 0.6 is 0 Å². The van der Waals surface area contributed by atoms with Crippen molar-refractivity contribution in [3.05, 3.63) is 35.9 Å². The van der Waals surface area contributed by atoms with Crippen LogP contribution in [0.5, 0.6) is 0 Å². The van der Waals surface area contributed by atoms with Crippen molar-refractivity contribution < 1.29 is 34.7 Å². The van der Waals surface area contributed by atoms with Crippen molar-refractivity contribution in [2.75, 3.05) is 6.61 Å². The zero-order valence-electron chi connectivity index (χ0n) is 10.5. The lowest BCUT2D eigenvalue weighted by molar-refractivity contribution is -0.285. The molecule has 5 atom stereocenters. The summed E-state index contributed by atoms with van der Waals surface area (Å²) in [5.74, 6) is -0.750. The van der Waals surface area contributed by atoms with Crippen LogP contribution in [0.15, 0.2) is 30.3 Å². The van der Waals surface area contributed by atoms with E-state index in [0.29, 0.717) is 0 Å². The number of benzene rings is 1. The van der Waals surface area contributed by atoms with Gasteiger partial charge < -0.3 is 29.9 Å². The van der Waals surface area contributed by atoms with Gasteiger partial charge in [0.15, 0.2) is 12.4 Å². The maximum absolute atomic E-state index is 11.9. The highest BCUT2D eigenvalue weighted by Gasteiger charge is 2.46. The Balaban J connectivity index is 2.11. The molecule has 2 rings (SSSR count). The normalized spacial score (nSPS) is 33.7. The number of esters is 1. The van der Waals surface area contributed by atoms with Crippen molar-refractivity contribution >= 4 is 5.97 Å². The average Bonchev–Trinajstić information content (AvgIpc) is 2.48. The molecule has 0 saturated carbocycles. The van der Waals surface area contributed by atoms with Crippen LogP contribution in [0.1, 0.15) is 10.4 Å². The summed E-state index contributed by atoms with van der Waals surface area (Å²) in [6.07, 6.45) is -7.21. The van der Waals surface area contributed by atoms with E-state index in [4.69, 9.17) is 14.6 Å². The number of rotatable bonds is 3. The fourth-order valence-corrected chi connectivity index (χ4v) is 1.97. The second-order valence-corrected chi connectivity index (χ2v) is 4.46. The topological polar surface area (TPSA) is 116 Å². The number of ether oxygens (including phenoxy) is 2. The molecule has 4 N–H and O–H groups in total. The predicted molar refractivity (Wildman–Crippen MR) is 65.6 cm³/mol. The minimum atomic E-state index is -1.65. The molecule has 1 aromatic carbocycles. The molecule has 1 heterocycles. The number of aliphatic hydroxyl groups excluding tert-OH is 4. The molecule has 7 heteroatoms. The molecule has 0 aromatic heterocycles. The average molecular weight is 284 g/mol. The summed E-state index contributed by atoms with van der Waals surface area (Å²) >= 11 is 0. The first kappa shape index (κ1) is 14.9. The highest BCUT2D eigenvalue weighted by atomic mass is 16.7. The molecule has 0 aliphatic carbocycles. The van der Waals surface area contributed by atoms with Crippen molar-refractivity contribution in [1.82, 2.24) is 0 Å². The number of hydrogen-bond acceptors (Lipinski definition) is 7. The van der Waals surface area contributed by atoms with Crippen LogP contribution in [0.25, 0.3) is 0 Å². The van der Waals surface area contributed by atoms with Gasteiger partial charge in [0, 0.05) is 0 Å². The lowest BCUT2D eigenvalue weighted by atomic mass is 9.99. The van der Waals surface area contributed by atoms with Crippen molar-refractivity contribution in [3.63, 3.8) is 0 Å². The number of aliphatic hydroxyl groups is 4. The molecule has 0 radical (unpaired) electrons. The maximum atomic E-state index is 11.9. The Kier molecular flexibility index (Phi) is 4.69. The van der Waals surface area contributed by atoms with Gasteiger partial charge in [-0.25, -0.2) is 4.79 Å². The highest BCUT2D eigenvalue weighted by Crippen LogP contribution is 2.23. The monoisotopic (exact) mass is 284 g/mol. The number of hydrogen-bond donors (Lipinski definition) is 4. The molecule has 0 bridgehead atoms. The van der Waals surface area contributed by atoms with Gasteiger partial charge in [0.1, 0.15) is 18.3 Å². The van der Waals surface area contributed by atoms with Crippen molar-refractivity contribution in [2.24, 2.45) is 0 Å². The molecular formula is C13H16O7. The highest BCUT2D eigenvalue weighted by molar-refractivity contribution is 5.89. The Hall–Kier alpha value is -1.51. The van der Waals surface area contributed by atoms with Crippen molar-refractivity contribution in [2.45, 2.75) is 30.7 Å². The van der Waals surface area contributed by atoms with Gasteiger partial charge in [-0.2, -0.15) is 0 Å². The van der Waals surface area contributed by atoms with Gasteiger partial charge >= 0.3 is 5.97 Å². The second-order valence-electron chi connectivity index (χ2n) is 4.46. The Morgan fingerprint density at radius 3 is 2.40 bits per heavy atom. The van der Waals surface area contributed by atoms with Gasteiger partial charge in [-0.15, -0.1) is 0 Å². The van der Waals surface area contributed by atoms with Crippen LogP contribution in [0.4, 0.5) is 0 Å². The number of carbonyl (C=O) groups is 1. The third-order valence-electron chi connectivity index (χ3n) is 3.09. The lowest BCUT2D eigenvalue weighted by Crippen LogP contribution is -2.59. The standard InChI is InChI=1S/C13H16O7/c14-6-8-9(15)11(10(16)13(18)19-8)20-12(17)7-4-2-1-3-5-7/h1-5,8-11,13-16,18H,6H2/t8-,9-,10-,11+,13-/m1/s1. The maximum Gasteiger partial charge on any atom is 0.338 e. The molecule has 0 amide bonds. The summed E-state index contributed by atoms with van der Waals surface area (Å²) in [6, 6.07) is 8.03. The van der Waals surface area contributed by atoms with Crippen LogP contribution in [0.3, 0.4) is 0 Å². The third kappa shape index (κ3) is 2.97. The van der Waals surface area contributed by atoms with Crippen LogP contribution in [0.2, 0.25) is 0 Å². The summed E-state index contributed by atoms with van der Waals surface area (Å²) in [7, 11) is 0. The molecule has 0 unspecified atom stereocenters. The second kappa shape index (κ2) is 6.29. The molecule has 1 aromatic rings. The van der Waals surface area contributed by atoms with Gasteiger partial charge in [0.2, 0.25) is 0 Å². The van der Waals surface area contributed by atoms with E-state index in [1.165, 1.54) is 12.1 Å². The fourth-order valence-electron chi connectivity index (χ4n) is 1.97. The van der Waals surface area contributed by atoms with E-state index in [9.17, 15) is 20.1 Å². The number of carbonyl (C=O) groups excluding carboxylic acids is 1. The molecular weight excluding hydrogens is 268 g/mol. The zero-order valence-corrected chi connectivity index (χ0v) is 10.5. The summed E-state index contributed by atoms with van der Waals surface area (Å²) in [6.45, 7) is -0.579. The molecule has 1 fully saturated rings. The van der Waals surface area contributed by atoms with Gasteiger partial charge in [-0.05, 0) is 12.1 Å². The molecule has 1 aliphatic rings. The van der Waals surface area contributed by atoms with E-state index < -0.39 is 43.3 Å². The molecule has 1 aliphatic heterocycles. The van der Waals surface area contributed by atoms with Crippen LogP contribution in [-0.4, -0.2) is 63.7 Å². The zero-order chi connectivity index (χ0) is 14.7. The Labute approximate surface area is 115 Å². The largest absolute Gasteiger partial charge is 0.453 e. The SMILES string of the molecule is O=C(O[C@@H]1[C@@H](O)[C@H](O)O[C@H](CO)[C@H]1O)c1ccccc1. The molecule has 20 heavy (non-hydrogen) atoms. The van der Waals surface area contributed by atoms with Gasteiger partial charge in [-0.1, -0.05) is 18.2 Å². The Bertz CT molecular complexity index is 449. The van der Waals surface area contributed by atoms with E-state index in [1.807, 2.05) is 0 Å². The van der Waals surface area contributed by atoms with E-state index in [1.54, 1.807) is 18.2 Å². The molecule has 0 spiro atoms. The summed E-state index contributed by atoms with van der Waals surface area (Å²) in [5.41, 5.74) is 0.244. The Morgan fingerprint density at radius 2 is 1.80 bits per heavy atom. The smallest absolute Gasteiger partial charge is 0.338 e. The van der Waals surface area contributed by atoms with E-state index in [-0.39, 0.29) is 5.56 Å².